The van der Waals surface area contributed by atoms with Crippen LogP contribution in [0.2, 0.25) is 0 Å². The molecule has 0 aliphatic carbocycles. The van der Waals surface area contributed by atoms with Gasteiger partial charge in [-0.25, -0.2) is 9.59 Å². The van der Waals surface area contributed by atoms with Gasteiger partial charge in [-0.05, 0) is 18.6 Å². The molecule has 0 aromatic heterocycles. The molecule has 0 unspecified atom stereocenters. The van der Waals surface area contributed by atoms with Crippen molar-refractivity contribution < 1.29 is 24.2 Å². The zero-order chi connectivity index (χ0) is 12.7. The fraction of sp³-hybridized carbons (Fsp3) is 0.333. The van der Waals surface area contributed by atoms with E-state index in [4.69, 9.17) is 9.84 Å². The molecule has 1 aromatic carbocycles. The van der Waals surface area contributed by atoms with Crippen molar-refractivity contribution in [3.8, 4) is 5.75 Å². The van der Waals surface area contributed by atoms with Gasteiger partial charge >= 0.3 is 12.1 Å². The van der Waals surface area contributed by atoms with Crippen LogP contribution in [0.15, 0.2) is 24.3 Å². The van der Waals surface area contributed by atoms with Crippen LogP contribution in [0.25, 0.3) is 0 Å². The van der Waals surface area contributed by atoms with E-state index in [9.17, 15) is 9.59 Å². The number of carboxylic acid groups (broad SMARTS) is 1. The molecule has 1 aromatic rings. The van der Waals surface area contributed by atoms with Crippen molar-refractivity contribution in [3.05, 3.63) is 29.8 Å². The largest absolute Gasteiger partial charge is 0.511 e. The molecule has 92 valence electrons. The second-order valence-electron chi connectivity index (χ2n) is 3.35. The van der Waals surface area contributed by atoms with Crippen molar-refractivity contribution in [2.24, 2.45) is 0 Å². The summed E-state index contributed by atoms with van der Waals surface area (Å²) in [5.41, 5.74) is 0.117. The summed E-state index contributed by atoms with van der Waals surface area (Å²) in [5, 5.41) is 8.51. The first kappa shape index (κ1) is 13.0. The van der Waals surface area contributed by atoms with Gasteiger partial charge in [0.05, 0.1) is 6.61 Å². The Bertz CT molecular complexity index is 400. The lowest BCUT2D eigenvalue weighted by Gasteiger charge is -2.07. The highest BCUT2D eigenvalue weighted by molar-refractivity contribution is 5.93. The zero-order valence-electron chi connectivity index (χ0n) is 9.51. The third-order valence-corrected chi connectivity index (χ3v) is 2.04. The predicted octanol–water partition coefficient (Wildman–Crippen LogP) is 2.70. The van der Waals surface area contributed by atoms with E-state index >= 15 is 0 Å². The number of carbonyl (C=O) groups is 2. The maximum absolute atomic E-state index is 11.6. The summed E-state index contributed by atoms with van der Waals surface area (Å²) in [5.74, 6) is -0.586. The lowest BCUT2D eigenvalue weighted by molar-refractivity contribution is 0.0496. The van der Waals surface area contributed by atoms with E-state index in [0.717, 1.165) is 12.8 Å². The van der Waals surface area contributed by atoms with E-state index < -0.39 is 12.1 Å². The van der Waals surface area contributed by atoms with E-state index in [1.165, 1.54) is 12.1 Å². The summed E-state index contributed by atoms with van der Waals surface area (Å²) < 4.78 is 9.47. The number of para-hydroxylation sites is 1. The van der Waals surface area contributed by atoms with Gasteiger partial charge < -0.3 is 14.6 Å². The lowest BCUT2D eigenvalue weighted by Crippen LogP contribution is -2.11. The molecule has 0 atom stereocenters. The molecule has 5 heteroatoms. The summed E-state index contributed by atoms with van der Waals surface area (Å²) in [6.07, 6.45) is 0.229. The number of rotatable bonds is 5. The Morgan fingerprint density at radius 2 is 2.00 bits per heavy atom. The second-order valence-corrected chi connectivity index (χ2v) is 3.35. The quantitative estimate of drug-likeness (QED) is 0.485. The van der Waals surface area contributed by atoms with Crippen LogP contribution in [0.5, 0.6) is 5.75 Å². The monoisotopic (exact) mass is 238 g/mol. The molecule has 0 saturated carbocycles. The van der Waals surface area contributed by atoms with Crippen LogP contribution in [-0.2, 0) is 4.74 Å². The minimum Gasteiger partial charge on any atom is -0.462 e. The van der Waals surface area contributed by atoms with Gasteiger partial charge in [0.15, 0.2) is 0 Å². The predicted molar refractivity (Wildman–Crippen MR) is 60.3 cm³/mol. The number of hydrogen-bond donors (Lipinski definition) is 1. The van der Waals surface area contributed by atoms with E-state index in [2.05, 4.69) is 4.74 Å². The van der Waals surface area contributed by atoms with Gasteiger partial charge in [-0.1, -0.05) is 25.5 Å². The number of hydrogen-bond acceptors (Lipinski definition) is 4. The van der Waals surface area contributed by atoms with Crippen molar-refractivity contribution in [2.45, 2.75) is 19.8 Å². The molecule has 0 saturated heterocycles. The van der Waals surface area contributed by atoms with Crippen molar-refractivity contribution >= 4 is 12.1 Å². The summed E-state index contributed by atoms with van der Waals surface area (Å²) in [6, 6.07) is 6.07. The molecule has 0 fully saturated rings. The highest BCUT2D eigenvalue weighted by Crippen LogP contribution is 2.19. The number of unbranched alkanes of at least 4 members (excludes halogenated alkanes) is 1. The molecule has 1 rings (SSSR count). The fourth-order valence-electron chi connectivity index (χ4n) is 1.21. The lowest BCUT2D eigenvalue weighted by atomic mass is 10.2. The first-order chi connectivity index (χ1) is 8.15. The molecule has 0 heterocycles. The number of esters is 1. The third kappa shape index (κ3) is 4.14. The summed E-state index contributed by atoms with van der Waals surface area (Å²) >= 11 is 0. The molecular weight excluding hydrogens is 224 g/mol. The van der Waals surface area contributed by atoms with Gasteiger partial charge in [-0.2, -0.15) is 0 Å². The molecule has 0 aliphatic heterocycles. The number of carbonyl (C=O) groups excluding carboxylic acids is 1. The Hall–Kier alpha value is -2.04. The van der Waals surface area contributed by atoms with Crippen LogP contribution < -0.4 is 4.74 Å². The maximum atomic E-state index is 11.6. The van der Waals surface area contributed by atoms with Gasteiger partial charge in [-0.15, -0.1) is 0 Å². The smallest absolute Gasteiger partial charge is 0.462 e. The van der Waals surface area contributed by atoms with Crippen molar-refractivity contribution in [2.75, 3.05) is 6.61 Å². The van der Waals surface area contributed by atoms with E-state index in [1.807, 2.05) is 6.92 Å². The summed E-state index contributed by atoms with van der Waals surface area (Å²) in [7, 11) is 0. The molecule has 17 heavy (non-hydrogen) atoms. The van der Waals surface area contributed by atoms with Crippen molar-refractivity contribution in [1.29, 1.82) is 0 Å². The topological polar surface area (TPSA) is 72.8 Å². The van der Waals surface area contributed by atoms with E-state index in [-0.39, 0.29) is 11.3 Å². The number of benzene rings is 1. The average Bonchev–Trinajstić information content (AvgIpc) is 2.29. The number of ether oxygens (including phenoxy) is 2. The second kappa shape index (κ2) is 6.52. The summed E-state index contributed by atoms with van der Waals surface area (Å²) in [6.45, 7) is 2.30. The van der Waals surface area contributed by atoms with E-state index in [1.54, 1.807) is 12.1 Å². The minimum atomic E-state index is -1.46. The SMILES string of the molecule is CCCCOC(=O)c1ccccc1OC(=O)O. The van der Waals surface area contributed by atoms with E-state index in [0.29, 0.717) is 6.61 Å². The highest BCUT2D eigenvalue weighted by Gasteiger charge is 2.15. The molecular formula is C12H14O5. The van der Waals surface area contributed by atoms with Crippen LogP contribution in [-0.4, -0.2) is 23.8 Å². The Morgan fingerprint density at radius 3 is 2.65 bits per heavy atom. The van der Waals surface area contributed by atoms with Crippen molar-refractivity contribution in [1.82, 2.24) is 0 Å². The molecule has 0 amide bonds. The molecule has 0 spiro atoms. The summed E-state index contributed by atoms with van der Waals surface area (Å²) in [4.78, 5) is 22.1. The molecule has 5 nitrogen and oxygen atoms in total. The van der Waals surface area contributed by atoms with Crippen LogP contribution in [0, 0.1) is 0 Å². The Labute approximate surface area is 99.0 Å². The Morgan fingerprint density at radius 1 is 1.29 bits per heavy atom. The average molecular weight is 238 g/mol. The minimum absolute atomic E-state index is 0.0125. The highest BCUT2D eigenvalue weighted by atomic mass is 16.7. The first-order valence-electron chi connectivity index (χ1n) is 5.32. The molecule has 0 aliphatic rings. The zero-order valence-corrected chi connectivity index (χ0v) is 9.51. The Balaban J connectivity index is 2.74. The first-order valence-corrected chi connectivity index (χ1v) is 5.32. The van der Waals surface area contributed by atoms with Crippen molar-refractivity contribution in [3.63, 3.8) is 0 Å². The maximum Gasteiger partial charge on any atom is 0.511 e. The van der Waals surface area contributed by atoms with Gasteiger partial charge in [0.25, 0.3) is 0 Å². The molecule has 1 N–H and O–H groups in total. The van der Waals surface area contributed by atoms with Gasteiger partial charge in [0.1, 0.15) is 11.3 Å². The van der Waals surface area contributed by atoms with Crippen LogP contribution in [0.1, 0.15) is 30.1 Å². The Kier molecular flexibility index (Phi) is 5.00. The molecule has 0 radical (unpaired) electrons. The van der Waals surface area contributed by atoms with Crippen LogP contribution in [0.4, 0.5) is 4.79 Å². The standard InChI is InChI=1S/C12H14O5/c1-2-3-8-16-11(13)9-6-4-5-7-10(9)17-12(14)15/h4-7H,2-3,8H2,1H3,(H,14,15). The van der Waals surface area contributed by atoms with Gasteiger partial charge in [-0.3, -0.25) is 0 Å². The van der Waals surface area contributed by atoms with Crippen LogP contribution in [0.3, 0.4) is 0 Å². The molecule has 0 bridgehead atoms. The van der Waals surface area contributed by atoms with Gasteiger partial charge in [0.2, 0.25) is 0 Å². The fourth-order valence-corrected chi connectivity index (χ4v) is 1.21. The normalized spacial score (nSPS) is 9.71. The third-order valence-electron chi connectivity index (χ3n) is 2.04. The van der Waals surface area contributed by atoms with Crippen LogP contribution >= 0.6 is 0 Å². The van der Waals surface area contributed by atoms with Gasteiger partial charge in [0, 0.05) is 0 Å².